The van der Waals surface area contributed by atoms with Gasteiger partial charge in [0.1, 0.15) is 11.9 Å². The molecule has 6 rings (SSSR count). The summed E-state index contributed by atoms with van der Waals surface area (Å²) in [4.78, 5) is 22.2. The monoisotopic (exact) mass is 411 g/mol. The zero-order valence-corrected chi connectivity index (χ0v) is 18.0. The van der Waals surface area contributed by atoms with Gasteiger partial charge in [-0.1, -0.05) is 13.0 Å². The standard InChI is InChI=1S/C24H33N3O3/c1-23-6-4-7-24(16-29-24)20(23)13-17-18(22(28)30-19(17)14-23)15-26-9-11-27(12-10-26)21-5-2-3-8-25-21/h2-3,5,8,17-20H,4,6-7,9-16H2,1H3/t17-,18+,19+,20-,23+,24+/m0/s1. The number of aromatic nitrogens is 1. The largest absolute Gasteiger partial charge is 0.462 e. The molecule has 6 heteroatoms. The molecule has 6 nitrogen and oxygen atoms in total. The van der Waals surface area contributed by atoms with Crippen LogP contribution in [0.1, 0.15) is 39.0 Å². The Bertz CT molecular complexity index is 805. The Kier molecular flexibility index (Phi) is 4.40. The molecule has 0 bridgehead atoms. The molecule has 4 heterocycles. The van der Waals surface area contributed by atoms with Crippen LogP contribution in [0.4, 0.5) is 5.82 Å². The number of hydrogen-bond donors (Lipinski definition) is 0. The van der Waals surface area contributed by atoms with Crippen LogP contribution in [0.3, 0.4) is 0 Å². The number of carbonyl (C=O) groups excluding carboxylic acids is 1. The summed E-state index contributed by atoms with van der Waals surface area (Å²) >= 11 is 0. The van der Waals surface area contributed by atoms with Crippen molar-refractivity contribution in [3.8, 4) is 0 Å². The molecule has 0 aromatic carbocycles. The highest BCUT2D eigenvalue weighted by Gasteiger charge is 2.65. The number of epoxide rings is 1. The first kappa shape index (κ1) is 19.1. The summed E-state index contributed by atoms with van der Waals surface area (Å²) in [6.07, 6.45) is 7.82. The lowest BCUT2D eigenvalue weighted by Crippen LogP contribution is -2.52. The summed E-state index contributed by atoms with van der Waals surface area (Å²) in [7, 11) is 0. The van der Waals surface area contributed by atoms with Gasteiger partial charge in [0.25, 0.3) is 0 Å². The number of carbonyl (C=O) groups is 1. The van der Waals surface area contributed by atoms with Crippen molar-refractivity contribution < 1.29 is 14.3 Å². The van der Waals surface area contributed by atoms with Crippen molar-refractivity contribution in [2.75, 3.05) is 44.2 Å². The second-order valence-electron chi connectivity index (χ2n) is 10.6. The molecule has 0 amide bonds. The molecule has 0 N–H and O–H groups in total. The van der Waals surface area contributed by atoms with Crippen molar-refractivity contribution in [2.24, 2.45) is 23.2 Å². The minimum Gasteiger partial charge on any atom is -0.462 e. The Hall–Kier alpha value is -1.66. The van der Waals surface area contributed by atoms with E-state index in [9.17, 15) is 4.79 Å². The van der Waals surface area contributed by atoms with Crippen molar-refractivity contribution in [3.63, 3.8) is 0 Å². The third-order valence-corrected chi connectivity index (χ3v) is 8.88. The van der Waals surface area contributed by atoms with Crippen LogP contribution >= 0.6 is 0 Å². The maximum Gasteiger partial charge on any atom is 0.310 e. The van der Waals surface area contributed by atoms with E-state index in [0.29, 0.717) is 11.8 Å². The maximum atomic E-state index is 12.9. The van der Waals surface area contributed by atoms with Crippen LogP contribution in [-0.4, -0.2) is 66.9 Å². The molecule has 3 aliphatic heterocycles. The molecule has 5 fully saturated rings. The summed E-state index contributed by atoms with van der Waals surface area (Å²) in [6.45, 7) is 8.08. The van der Waals surface area contributed by atoms with Crippen LogP contribution in [0.2, 0.25) is 0 Å². The van der Waals surface area contributed by atoms with Gasteiger partial charge >= 0.3 is 5.97 Å². The summed E-state index contributed by atoms with van der Waals surface area (Å²) in [5.74, 6) is 2.08. The number of esters is 1. The smallest absolute Gasteiger partial charge is 0.310 e. The van der Waals surface area contributed by atoms with E-state index in [4.69, 9.17) is 9.47 Å². The number of ether oxygens (including phenoxy) is 2. The number of fused-ring (bicyclic) bond motifs is 3. The van der Waals surface area contributed by atoms with Crippen molar-refractivity contribution in [3.05, 3.63) is 24.4 Å². The van der Waals surface area contributed by atoms with E-state index in [1.165, 1.54) is 19.3 Å². The van der Waals surface area contributed by atoms with Crippen LogP contribution in [0.15, 0.2) is 24.4 Å². The van der Waals surface area contributed by atoms with Crippen molar-refractivity contribution in [1.29, 1.82) is 0 Å². The average molecular weight is 412 g/mol. The third kappa shape index (κ3) is 3.06. The Balaban J connectivity index is 1.12. The number of hydrogen-bond acceptors (Lipinski definition) is 6. The molecule has 2 aliphatic carbocycles. The summed E-state index contributed by atoms with van der Waals surface area (Å²) in [5, 5.41) is 0. The molecule has 1 spiro atoms. The van der Waals surface area contributed by atoms with Crippen LogP contribution in [0.25, 0.3) is 0 Å². The van der Waals surface area contributed by atoms with Gasteiger partial charge in [0.2, 0.25) is 0 Å². The van der Waals surface area contributed by atoms with Gasteiger partial charge in [-0.2, -0.15) is 0 Å². The molecular weight excluding hydrogens is 378 g/mol. The van der Waals surface area contributed by atoms with Gasteiger partial charge < -0.3 is 14.4 Å². The van der Waals surface area contributed by atoms with Gasteiger partial charge in [0, 0.05) is 44.8 Å². The molecular formula is C24H33N3O3. The fourth-order valence-electron chi connectivity index (χ4n) is 7.14. The zero-order valence-electron chi connectivity index (χ0n) is 18.0. The first-order valence-electron chi connectivity index (χ1n) is 11.8. The lowest BCUT2D eigenvalue weighted by Gasteiger charge is -2.51. The van der Waals surface area contributed by atoms with Gasteiger partial charge in [-0.05, 0) is 55.6 Å². The molecule has 1 aromatic heterocycles. The Labute approximate surface area is 178 Å². The summed E-state index contributed by atoms with van der Waals surface area (Å²) < 4.78 is 12.0. The predicted octanol–water partition coefficient (Wildman–Crippen LogP) is 2.73. The second kappa shape index (κ2) is 6.92. The first-order chi connectivity index (χ1) is 14.6. The molecule has 6 atom stereocenters. The van der Waals surface area contributed by atoms with Gasteiger partial charge in [-0.25, -0.2) is 4.98 Å². The molecule has 3 saturated heterocycles. The SMILES string of the molecule is C[C@]12CCC[C@@]3(CO3)[C@H]1C[C@@H]1[C@@H](C2)OC(=O)[C@@H]1CN1CCN(c2ccccn2)CC1. The molecule has 5 aliphatic rings. The fraction of sp³-hybridized carbons (Fsp3) is 0.750. The summed E-state index contributed by atoms with van der Waals surface area (Å²) in [6, 6.07) is 6.08. The van der Waals surface area contributed by atoms with E-state index in [0.717, 1.165) is 58.0 Å². The van der Waals surface area contributed by atoms with Gasteiger partial charge in [0.15, 0.2) is 0 Å². The first-order valence-corrected chi connectivity index (χ1v) is 11.8. The molecule has 1 aromatic rings. The van der Waals surface area contributed by atoms with Gasteiger partial charge in [0.05, 0.1) is 18.1 Å². The van der Waals surface area contributed by atoms with E-state index in [1.807, 2.05) is 18.3 Å². The van der Waals surface area contributed by atoms with Crippen molar-refractivity contribution in [2.45, 2.75) is 50.7 Å². The number of piperazine rings is 1. The fourth-order valence-corrected chi connectivity index (χ4v) is 7.14. The number of nitrogens with zero attached hydrogens (tertiary/aromatic N) is 3. The number of rotatable bonds is 3. The number of anilines is 1. The van der Waals surface area contributed by atoms with E-state index in [2.05, 4.69) is 27.8 Å². The molecule has 30 heavy (non-hydrogen) atoms. The highest BCUT2D eigenvalue weighted by molar-refractivity contribution is 5.75. The average Bonchev–Trinajstić information content (AvgIpc) is 3.46. The third-order valence-electron chi connectivity index (χ3n) is 8.88. The zero-order chi connectivity index (χ0) is 20.3. The van der Waals surface area contributed by atoms with E-state index in [-0.39, 0.29) is 29.0 Å². The van der Waals surface area contributed by atoms with E-state index >= 15 is 0 Å². The maximum absolute atomic E-state index is 12.9. The number of pyridine rings is 1. The van der Waals surface area contributed by atoms with Crippen LogP contribution in [0, 0.1) is 23.2 Å². The molecule has 162 valence electrons. The molecule has 0 unspecified atom stereocenters. The van der Waals surface area contributed by atoms with Crippen molar-refractivity contribution in [1.82, 2.24) is 9.88 Å². The van der Waals surface area contributed by atoms with Crippen LogP contribution in [0.5, 0.6) is 0 Å². The van der Waals surface area contributed by atoms with Crippen molar-refractivity contribution >= 4 is 11.8 Å². The summed E-state index contributed by atoms with van der Waals surface area (Å²) in [5.41, 5.74) is 0.405. The van der Waals surface area contributed by atoms with Gasteiger partial charge in [-0.15, -0.1) is 0 Å². The Morgan fingerprint density at radius 1 is 1.20 bits per heavy atom. The Morgan fingerprint density at radius 3 is 2.77 bits per heavy atom. The minimum atomic E-state index is 0.0266. The molecule has 0 radical (unpaired) electrons. The quantitative estimate of drug-likeness (QED) is 0.563. The van der Waals surface area contributed by atoms with Crippen LogP contribution in [-0.2, 0) is 14.3 Å². The van der Waals surface area contributed by atoms with Gasteiger partial charge in [-0.3, -0.25) is 9.69 Å². The highest BCUT2D eigenvalue weighted by Crippen LogP contribution is 2.62. The lowest BCUT2D eigenvalue weighted by molar-refractivity contribution is -0.147. The normalized spacial score (nSPS) is 43.2. The molecule has 2 saturated carbocycles. The Morgan fingerprint density at radius 2 is 2.03 bits per heavy atom. The highest BCUT2D eigenvalue weighted by atomic mass is 16.6. The van der Waals surface area contributed by atoms with E-state index in [1.54, 1.807) is 0 Å². The predicted molar refractivity (Wildman–Crippen MR) is 113 cm³/mol. The van der Waals surface area contributed by atoms with Crippen LogP contribution < -0.4 is 4.90 Å². The topological polar surface area (TPSA) is 58.2 Å². The minimum absolute atomic E-state index is 0.0266. The lowest BCUT2D eigenvalue weighted by atomic mass is 9.53. The van der Waals surface area contributed by atoms with E-state index < -0.39 is 0 Å². The second-order valence-corrected chi connectivity index (χ2v) is 10.6.